The van der Waals surface area contributed by atoms with E-state index in [1.54, 1.807) is 19.1 Å². The van der Waals surface area contributed by atoms with Gasteiger partial charge in [-0.1, -0.05) is 12.1 Å². The Hall–Kier alpha value is -1.52. The first kappa shape index (κ1) is 15.9. The van der Waals surface area contributed by atoms with Crippen LogP contribution in [0.1, 0.15) is 49.7 Å². The summed E-state index contributed by atoms with van der Waals surface area (Å²) in [6.07, 6.45) is -1.18. The number of ether oxygens (including phenoxy) is 1. The van der Waals surface area contributed by atoms with E-state index in [4.69, 9.17) is 4.74 Å². The molecular formula is C16H19F3O2. The molecule has 0 saturated heterocycles. The Balaban J connectivity index is 1.95. The minimum atomic E-state index is -4.29. The average Bonchev–Trinajstić information content (AvgIpc) is 2.47. The molecule has 0 heterocycles. The largest absolute Gasteiger partial charge is 0.466 e. The van der Waals surface area contributed by atoms with Crippen molar-refractivity contribution >= 4 is 5.97 Å². The number of esters is 1. The van der Waals surface area contributed by atoms with Crippen LogP contribution in [-0.4, -0.2) is 12.6 Å². The third-order valence-electron chi connectivity index (χ3n) is 4.06. The lowest BCUT2D eigenvalue weighted by molar-refractivity contribution is -0.149. The average molecular weight is 300 g/mol. The summed E-state index contributed by atoms with van der Waals surface area (Å²) in [5, 5.41) is 0. The van der Waals surface area contributed by atoms with E-state index in [0.717, 1.165) is 43.4 Å². The molecule has 1 aromatic rings. The first-order valence-corrected chi connectivity index (χ1v) is 7.25. The molecule has 1 aliphatic carbocycles. The lowest BCUT2D eigenvalue weighted by atomic mass is 9.78. The molecule has 0 amide bonds. The second kappa shape index (κ2) is 6.50. The van der Waals surface area contributed by atoms with E-state index in [1.807, 2.05) is 0 Å². The number of halogens is 3. The molecule has 0 radical (unpaired) electrons. The Morgan fingerprint density at radius 1 is 1.14 bits per heavy atom. The number of alkyl halides is 3. The van der Waals surface area contributed by atoms with Gasteiger partial charge >= 0.3 is 12.1 Å². The Labute approximate surface area is 122 Å². The number of hydrogen-bond acceptors (Lipinski definition) is 2. The monoisotopic (exact) mass is 300 g/mol. The van der Waals surface area contributed by atoms with E-state index in [9.17, 15) is 18.0 Å². The molecule has 116 valence electrons. The van der Waals surface area contributed by atoms with Gasteiger partial charge in [0.25, 0.3) is 0 Å². The molecule has 0 unspecified atom stereocenters. The molecular weight excluding hydrogens is 281 g/mol. The zero-order valence-corrected chi connectivity index (χ0v) is 12.0. The van der Waals surface area contributed by atoms with Gasteiger partial charge in [0.05, 0.1) is 18.1 Å². The van der Waals surface area contributed by atoms with Crippen molar-refractivity contribution in [2.75, 3.05) is 6.61 Å². The number of rotatable bonds is 3. The van der Waals surface area contributed by atoms with Crippen LogP contribution in [0.25, 0.3) is 0 Å². The summed E-state index contributed by atoms with van der Waals surface area (Å²) in [6.45, 7) is 2.17. The second-order valence-electron chi connectivity index (χ2n) is 5.42. The van der Waals surface area contributed by atoms with Crippen LogP contribution in [-0.2, 0) is 15.7 Å². The van der Waals surface area contributed by atoms with Crippen molar-refractivity contribution in [3.63, 3.8) is 0 Å². The molecule has 5 heteroatoms. The lowest BCUT2D eigenvalue weighted by Crippen LogP contribution is -2.23. The summed E-state index contributed by atoms with van der Waals surface area (Å²) >= 11 is 0. The van der Waals surface area contributed by atoms with Gasteiger partial charge in [-0.25, -0.2) is 0 Å². The molecule has 1 fully saturated rings. The fraction of sp³-hybridized carbons (Fsp3) is 0.562. The van der Waals surface area contributed by atoms with Crippen LogP contribution in [0, 0.1) is 5.92 Å². The van der Waals surface area contributed by atoms with Crippen molar-refractivity contribution in [3.05, 3.63) is 35.4 Å². The highest BCUT2D eigenvalue weighted by Gasteiger charge is 2.31. The van der Waals surface area contributed by atoms with Crippen LogP contribution >= 0.6 is 0 Å². The molecule has 2 nitrogen and oxygen atoms in total. The molecule has 0 atom stereocenters. The molecule has 1 aromatic carbocycles. The molecule has 0 bridgehead atoms. The maximum absolute atomic E-state index is 12.5. The van der Waals surface area contributed by atoms with Crippen molar-refractivity contribution in [1.82, 2.24) is 0 Å². The Morgan fingerprint density at radius 3 is 2.19 bits per heavy atom. The van der Waals surface area contributed by atoms with Crippen LogP contribution < -0.4 is 0 Å². The number of carbonyl (C=O) groups excluding carboxylic acids is 1. The summed E-state index contributed by atoms with van der Waals surface area (Å²) in [7, 11) is 0. The molecule has 21 heavy (non-hydrogen) atoms. The molecule has 1 aliphatic rings. The van der Waals surface area contributed by atoms with Gasteiger partial charge in [0.1, 0.15) is 0 Å². The van der Waals surface area contributed by atoms with E-state index in [1.165, 1.54) is 0 Å². The molecule has 0 aliphatic heterocycles. The highest BCUT2D eigenvalue weighted by atomic mass is 19.4. The Morgan fingerprint density at radius 2 is 1.71 bits per heavy atom. The van der Waals surface area contributed by atoms with Gasteiger partial charge < -0.3 is 4.74 Å². The van der Waals surface area contributed by atoms with Crippen LogP contribution in [0.3, 0.4) is 0 Å². The van der Waals surface area contributed by atoms with E-state index in [-0.39, 0.29) is 17.8 Å². The molecule has 2 rings (SSSR count). The van der Waals surface area contributed by atoms with Crippen LogP contribution in [0.4, 0.5) is 13.2 Å². The maximum atomic E-state index is 12.5. The highest BCUT2D eigenvalue weighted by Crippen LogP contribution is 2.37. The van der Waals surface area contributed by atoms with Crippen molar-refractivity contribution in [3.8, 4) is 0 Å². The van der Waals surface area contributed by atoms with Crippen LogP contribution in [0.5, 0.6) is 0 Å². The van der Waals surface area contributed by atoms with E-state index in [0.29, 0.717) is 6.61 Å². The normalized spacial score (nSPS) is 22.9. The lowest BCUT2D eigenvalue weighted by Gasteiger charge is -2.27. The van der Waals surface area contributed by atoms with Gasteiger partial charge in [-0.15, -0.1) is 0 Å². The van der Waals surface area contributed by atoms with Gasteiger partial charge in [0, 0.05) is 0 Å². The maximum Gasteiger partial charge on any atom is 0.416 e. The molecule has 0 N–H and O–H groups in total. The smallest absolute Gasteiger partial charge is 0.416 e. The first-order chi connectivity index (χ1) is 9.91. The summed E-state index contributed by atoms with van der Waals surface area (Å²) in [5.74, 6) is 0.0250. The Kier molecular flexibility index (Phi) is 4.91. The molecule has 1 saturated carbocycles. The van der Waals surface area contributed by atoms with Gasteiger partial charge in [0.2, 0.25) is 0 Å². The number of carbonyl (C=O) groups is 1. The summed E-state index contributed by atoms with van der Waals surface area (Å²) in [4.78, 5) is 11.6. The molecule has 0 spiro atoms. The predicted octanol–water partition coefficient (Wildman–Crippen LogP) is 4.54. The van der Waals surface area contributed by atoms with Gasteiger partial charge in [-0.3, -0.25) is 4.79 Å². The SMILES string of the molecule is CCOC(=O)C1CCC(c2ccc(C(F)(F)F)cc2)CC1. The van der Waals surface area contributed by atoms with E-state index >= 15 is 0 Å². The third-order valence-corrected chi connectivity index (χ3v) is 4.06. The third kappa shape index (κ3) is 3.99. The first-order valence-electron chi connectivity index (χ1n) is 7.25. The summed E-state index contributed by atoms with van der Waals surface area (Å²) in [6, 6.07) is 5.37. The predicted molar refractivity (Wildman–Crippen MR) is 72.8 cm³/mol. The number of benzene rings is 1. The van der Waals surface area contributed by atoms with Crippen molar-refractivity contribution in [2.45, 2.75) is 44.7 Å². The fourth-order valence-corrected chi connectivity index (χ4v) is 2.87. The fourth-order valence-electron chi connectivity index (χ4n) is 2.87. The van der Waals surface area contributed by atoms with E-state index < -0.39 is 11.7 Å². The Bertz CT molecular complexity index is 471. The zero-order chi connectivity index (χ0) is 15.5. The quantitative estimate of drug-likeness (QED) is 0.766. The standard InChI is InChI=1S/C16H19F3O2/c1-2-21-15(20)13-5-3-11(4-6-13)12-7-9-14(10-8-12)16(17,18)19/h7-11,13H,2-6H2,1H3. The topological polar surface area (TPSA) is 26.3 Å². The van der Waals surface area contributed by atoms with Crippen LogP contribution in [0.2, 0.25) is 0 Å². The second-order valence-corrected chi connectivity index (χ2v) is 5.42. The van der Waals surface area contributed by atoms with Gasteiger partial charge in [0.15, 0.2) is 0 Å². The van der Waals surface area contributed by atoms with Crippen molar-refractivity contribution in [2.24, 2.45) is 5.92 Å². The van der Waals surface area contributed by atoms with Gasteiger partial charge in [-0.05, 0) is 56.2 Å². The minimum Gasteiger partial charge on any atom is -0.466 e. The van der Waals surface area contributed by atoms with E-state index in [2.05, 4.69) is 0 Å². The zero-order valence-electron chi connectivity index (χ0n) is 12.0. The minimum absolute atomic E-state index is 0.0596. The van der Waals surface area contributed by atoms with Crippen molar-refractivity contribution in [1.29, 1.82) is 0 Å². The van der Waals surface area contributed by atoms with Crippen molar-refractivity contribution < 1.29 is 22.7 Å². The summed E-state index contributed by atoms with van der Waals surface area (Å²) < 4.78 is 42.6. The van der Waals surface area contributed by atoms with Gasteiger partial charge in [-0.2, -0.15) is 13.2 Å². The molecule has 0 aromatic heterocycles. The highest BCUT2D eigenvalue weighted by molar-refractivity contribution is 5.72. The number of hydrogen-bond donors (Lipinski definition) is 0. The summed E-state index contributed by atoms with van der Waals surface area (Å²) in [5.41, 5.74) is 0.303. The van der Waals surface area contributed by atoms with Crippen LogP contribution in [0.15, 0.2) is 24.3 Å².